The molecule has 1 N–H and O–H groups in total. The number of nitrogens with one attached hydrogen (secondary N) is 1. The van der Waals surface area contributed by atoms with E-state index in [0.29, 0.717) is 0 Å². The van der Waals surface area contributed by atoms with Crippen LogP contribution >= 0.6 is 11.8 Å². The van der Waals surface area contributed by atoms with E-state index in [-0.39, 0.29) is 12.1 Å². The molecule has 4 aromatic carbocycles. The second-order valence-electron chi connectivity index (χ2n) is 7.58. The molecule has 2 amide bonds. The first-order valence-electron chi connectivity index (χ1n) is 10.3. The molecule has 4 heteroatoms. The summed E-state index contributed by atoms with van der Waals surface area (Å²) in [6.07, 6.45) is 0. The summed E-state index contributed by atoms with van der Waals surface area (Å²) in [5.74, 6) is 0. The minimum absolute atomic E-state index is 0.144. The average Bonchev–Trinajstić information content (AvgIpc) is 2.82. The van der Waals surface area contributed by atoms with Gasteiger partial charge in [-0.25, -0.2) is 4.79 Å². The van der Waals surface area contributed by atoms with Crippen molar-refractivity contribution in [3.8, 4) is 0 Å². The third kappa shape index (κ3) is 3.82. The van der Waals surface area contributed by atoms with E-state index in [0.717, 1.165) is 32.3 Å². The van der Waals surface area contributed by atoms with E-state index in [4.69, 9.17) is 0 Å². The zero-order valence-corrected chi connectivity index (χ0v) is 18.0. The Morgan fingerprint density at radius 1 is 0.710 bits per heavy atom. The fraction of sp³-hybridized carbons (Fsp3) is 0.0741. The number of fused-ring (bicyclic) bond motifs is 2. The molecule has 0 aromatic heterocycles. The maximum absolute atomic E-state index is 13.8. The lowest BCUT2D eigenvalue weighted by molar-refractivity contribution is 0.246. The van der Waals surface area contributed by atoms with Crippen LogP contribution in [0.4, 0.5) is 16.2 Å². The van der Waals surface area contributed by atoms with Crippen molar-refractivity contribution in [1.82, 2.24) is 5.32 Å². The third-order valence-corrected chi connectivity index (χ3v) is 6.58. The van der Waals surface area contributed by atoms with E-state index in [9.17, 15) is 4.79 Å². The summed E-state index contributed by atoms with van der Waals surface area (Å²) in [6, 6.07) is 34.1. The van der Waals surface area contributed by atoms with Gasteiger partial charge in [-0.3, -0.25) is 4.90 Å². The van der Waals surface area contributed by atoms with Crippen molar-refractivity contribution in [3.05, 3.63) is 120 Å². The van der Waals surface area contributed by atoms with Crippen molar-refractivity contribution >= 4 is 29.2 Å². The number of amides is 2. The Morgan fingerprint density at radius 3 is 1.84 bits per heavy atom. The molecule has 0 fully saturated rings. The van der Waals surface area contributed by atoms with E-state index in [1.54, 1.807) is 16.7 Å². The van der Waals surface area contributed by atoms with Crippen molar-refractivity contribution in [1.29, 1.82) is 0 Å². The maximum atomic E-state index is 13.8. The molecule has 0 saturated carbocycles. The van der Waals surface area contributed by atoms with E-state index in [2.05, 4.69) is 60.8 Å². The molecule has 1 heterocycles. The number of hydrogen-bond donors (Lipinski definition) is 1. The molecule has 5 rings (SSSR count). The molecule has 3 nitrogen and oxygen atoms in total. The van der Waals surface area contributed by atoms with Crippen molar-refractivity contribution in [3.63, 3.8) is 0 Å². The standard InChI is InChI=1S/C27H22N2OS/c1-19-15-17-21(18-16-19)26(20-9-3-2-4-10-20)28-27(30)29-22-11-5-7-13-24(22)31-25-14-8-6-12-23(25)29/h2-18,26H,1H3,(H,28,30). The van der Waals surface area contributed by atoms with Crippen LogP contribution in [-0.4, -0.2) is 6.03 Å². The number of carbonyl (C=O) groups excluding carboxylic acids is 1. The van der Waals surface area contributed by atoms with Crippen LogP contribution in [0.2, 0.25) is 0 Å². The molecule has 0 spiro atoms. The van der Waals surface area contributed by atoms with Gasteiger partial charge in [-0.2, -0.15) is 0 Å². The Hall–Kier alpha value is -3.50. The third-order valence-electron chi connectivity index (χ3n) is 5.45. The Balaban J connectivity index is 1.55. The first kappa shape index (κ1) is 19.5. The number of benzene rings is 4. The number of aryl methyl sites for hydroxylation is 1. The summed E-state index contributed by atoms with van der Waals surface area (Å²) < 4.78 is 0. The van der Waals surface area contributed by atoms with Gasteiger partial charge in [0, 0.05) is 9.79 Å². The molecule has 1 aliphatic heterocycles. The maximum Gasteiger partial charge on any atom is 0.327 e. The number of urea groups is 1. The van der Waals surface area contributed by atoms with Gasteiger partial charge in [0.25, 0.3) is 0 Å². The highest BCUT2D eigenvalue weighted by atomic mass is 32.2. The lowest BCUT2D eigenvalue weighted by Crippen LogP contribution is -2.40. The first-order valence-corrected chi connectivity index (χ1v) is 11.1. The van der Waals surface area contributed by atoms with Crippen molar-refractivity contribution in [2.24, 2.45) is 0 Å². The van der Waals surface area contributed by atoms with Crippen LogP contribution in [0.1, 0.15) is 22.7 Å². The topological polar surface area (TPSA) is 32.3 Å². The fourth-order valence-corrected chi connectivity index (χ4v) is 4.93. The van der Waals surface area contributed by atoms with Gasteiger partial charge >= 0.3 is 6.03 Å². The zero-order chi connectivity index (χ0) is 21.2. The monoisotopic (exact) mass is 422 g/mol. The van der Waals surface area contributed by atoms with E-state index >= 15 is 0 Å². The molecule has 1 aliphatic rings. The lowest BCUT2D eigenvalue weighted by Gasteiger charge is -2.32. The highest BCUT2D eigenvalue weighted by molar-refractivity contribution is 7.99. The Labute approximate surface area is 186 Å². The van der Waals surface area contributed by atoms with Crippen LogP contribution in [0.15, 0.2) is 113 Å². The molecule has 1 atom stereocenters. The van der Waals surface area contributed by atoms with Gasteiger partial charge in [0.1, 0.15) is 0 Å². The second kappa shape index (κ2) is 8.32. The predicted molar refractivity (Wildman–Crippen MR) is 127 cm³/mol. The summed E-state index contributed by atoms with van der Waals surface area (Å²) in [6.45, 7) is 2.07. The Morgan fingerprint density at radius 2 is 1.23 bits per heavy atom. The van der Waals surface area contributed by atoms with E-state index in [1.165, 1.54) is 5.56 Å². The van der Waals surface area contributed by atoms with Crippen molar-refractivity contribution in [2.45, 2.75) is 22.8 Å². The molecular weight excluding hydrogens is 400 g/mol. The summed E-state index contributed by atoms with van der Waals surface area (Å²) in [7, 11) is 0. The smallest absolute Gasteiger partial charge is 0.326 e. The van der Waals surface area contributed by atoms with Crippen molar-refractivity contribution < 1.29 is 4.79 Å². The number of para-hydroxylation sites is 2. The van der Waals surface area contributed by atoms with E-state index < -0.39 is 0 Å². The van der Waals surface area contributed by atoms with Crippen LogP contribution in [0.25, 0.3) is 0 Å². The molecule has 0 radical (unpaired) electrons. The largest absolute Gasteiger partial charge is 0.327 e. The van der Waals surface area contributed by atoms with Crippen molar-refractivity contribution in [2.75, 3.05) is 4.90 Å². The summed E-state index contributed by atoms with van der Waals surface area (Å²) in [5, 5.41) is 3.30. The molecule has 152 valence electrons. The number of hydrogen-bond acceptors (Lipinski definition) is 2. The van der Waals surface area contributed by atoms with Gasteiger partial charge in [0.05, 0.1) is 17.4 Å². The van der Waals surface area contributed by atoms with Crippen LogP contribution in [0, 0.1) is 6.92 Å². The molecule has 1 unspecified atom stereocenters. The minimum atomic E-state index is -0.247. The van der Waals surface area contributed by atoms with Gasteiger partial charge in [0.2, 0.25) is 0 Å². The summed E-state index contributed by atoms with van der Waals surface area (Å²) >= 11 is 1.70. The number of anilines is 2. The van der Waals surface area contributed by atoms with Gasteiger partial charge < -0.3 is 5.32 Å². The van der Waals surface area contributed by atoms with Gasteiger partial charge in [0.15, 0.2) is 0 Å². The Kier molecular flexibility index (Phi) is 5.23. The van der Waals surface area contributed by atoms with E-state index in [1.807, 2.05) is 54.6 Å². The molecule has 31 heavy (non-hydrogen) atoms. The number of rotatable bonds is 3. The summed E-state index contributed by atoms with van der Waals surface area (Å²) in [5.41, 5.74) is 5.10. The predicted octanol–water partition coefficient (Wildman–Crippen LogP) is 7.10. The van der Waals surface area contributed by atoms with Gasteiger partial charge in [-0.1, -0.05) is 96.2 Å². The zero-order valence-electron chi connectivity index (χ0n) is 17.2. The minimum Gasteiger partial charge on any atom is -0.326 e. The van der Waals surface area contributed by atoms with Crippen LogP contribution in [-0.2, 0) is 0 Å². The quantitative estimate of drug-likeness (QED) is 0.382. The first-order chi connectivity index (χ1) is 15.2. The van der Waals surface area contributed by atoms with Gasteiger partial charge in [-0.15, -0.1) is 0 Å². The highest BCUT2D eigenvalue weighted by Crippen LogP contribution is 2.48. The van der Waals surface area contributed by atoms with Crippen LogP contribution < -0.4 is 10.2 Å². The molecule has 4 aromatic rings. The molecule has 0 bridgehead atoms. The SMILES string of the molecule is Cc1ccc(C(NC(=O)N2c3ccccc3Sc3ccccc32)c2ccccc2)cc1. The lowest BCUT2D eigenvalue weighted by atomic mass is 9.98. The fourth-order valence-electron chi connectivity index (χ4n) is 3.87. The second-order valence-corrected chi connectivity index (χ2v) is 8.66. The highest BCUT2D eigenvalue weighted by Gasteiger charge is 2.29. The normalized spacial score (nSPS) is 13.1. The van der Waals surface area contributed by atoms with Crippen LogP contribution in [0.3, 0.4) is 0 Å². The molecular formula is C27H22N2OS. The molecule has 0 saturated heterocycles. The number of carbonyl (C=O) groups is 1. The average molecular weight is 423 g/mol. The van der Waals surface area contributed by atoms with Gasteiger partial charge in [-0.05, 0) is 42.3 Å². The Bertz CT molecular complexity index is 1180. The number of nitrogens with zero attached hydrogens (tertiary/aromatic N) is 1. The molecule has 0 aliphatic carbocycles. The van der Waals surface area contributed by atoms with Crippen LogP contribution in [0.5, 0.6) is 0 Å². The summed E-state index contributed by atoms with van der Waals surface area (Å²) in [4.78, 5) is 17.7.